The molecule has 8 heteroatoms. The number of benzene rings is 2. The van der Waals surface area contributed by atoms with Gasteiger partial charge in [-0.15, -0.1) is 0 Å². The molecule has 1 unspecified atom stereocenters. The number of hydrogen-bond donors (Lipinski definition) is 1. The Morgan fingerprint density at radius 3 is 2.61 bits per heavy atom. The fourth-order valence-electron chi connectivity index (χ4n) is 2.94. The number of anilines is 2. The highest BCUT2D eigenvalue weighted by atomic mass is 32.2. The minimum Gasteiger partial charge on any atom is -0.497 e. The fourth-order valence-corrected chi connectivity index (χ4v) is 3.92. The first kappa shape index (κ1) is 19.9. The van der Waals surface area contributed by atoms with E-state index < -0.39 is 16.4 Å². The van der Waals surface area contributed by atoms with Gasteiger partial charge in [0.2, 0.25) is 11.8 Å². The van der Waals surface area contributed by atoms with Gasteiger partial charge in [0, 0.05) is 24.7 Å². The SMILES string of the molecule is COc1cccc(N2C(=O)SC(CC(=O)N(CCO)c3ccccc3)C2=O)c1. The molecule has 1 N–H and O–H groups in total. The molecule has 1 heterocycles. The van der Waals surface area contributed by atoms with Crippen molar-refractivity contribution in [3.63, 3.8) is 0 Å². The molecule has 7 nitrogen and oxygen atoms in total. The molecule has 1 atom stereocenters. The Hall–Kier alpha value is -2.84. The Bertz CT molecular complexity index is 874. The van der Waals surface area contributed by atoms with Crippen molar-refractivity contribution in [3.8, 4) is 5.75 Å². The van der Waals surface area contributed by atoms with Crippen molar-refractivity contribution >= 4 is 40.2 Å². The summed E-state index contributed by atoms with van der Waals surface area (Å²) in [4.78, 5) is 40.5. The standard InChI is InChI=1S/C20H20N2O5S/c1-27-16-9-5-8-15(12-16)22-19(25)17(28-20(22)26)13-18(24)21(10-11-23)14-6-3-2-4-7-14/h2-9,12,17,23H,10-11,13H2,1H3. The van der Waals surface area contributed by atoms with E-state index in [1.54, 1.807) is 48.5 Å². The van der Waals surface area contributed by atoms with Crippen LogP contribution in [0, 0.1) is 0 Å². The van der Waals surface area contributed by atoms with Crippen LogP contribution in [0.1, 0.15) is 6.42 Å². The Morgan fingerprint density at radius 2 is 1.93 bits per heavy atom. The molecule has 0 saturated carbocycles. The zero-order valence-corrected chi connectivity index (χ0v) is 16.1. The summed E-state index contributed by atoms with van der Waals surface area (Å²) in [6.07, 6.45) is -0.134. The largest absolute Gasteiger partial charge is 0.497 e. The number of aliphatic hydroxyl groups is 1. The summed E-state index contributed by atoms with van der Waals surface area (Å²) in [6, 6.07) is 15.6. The van der Waals surface area contributed by atoms with Gasteiger partial charge in [-0.3, -0.25) is 14.4 Å². The molecule has 1 aliphatic rings. The smallest absolute Gasteiger partial charge is 0.293 e. The lowest BCUT2D eigenvalue weighted by Crippen LogP contribution is -2.38. The summed E-state index contributed by atoms with van der Waals surface area (Å²) in [6.45, 7) is -0.0940. The predicted molar refractivity (Wildman–Crippen MR) is 108 cm³/mol. The van der Waals surface area contributed by atoms with E-state index in [1.165, 1.54) is 12.0 Å². The van der Waals surface area contributed by atoms with Crippen LogP contribution in [0.2, 0.25) is 0 Å². The molecule has 0 radical (unpaired) electrons. The lowest BCUT2D eigenvalue weighted by Gasteiger charge is -2.23. The van der Waals surface area contributed by atoms with E-state index in [4.69, 9.17) is 4.74 Å². The number of ether oxygens (including phenoxy) is 1. The van der Waals surface area contributed by atoms with Crippen molar-refractivity contribution in [1.82, 2.24) is 0 Å². The van der Waals surface area contributed by atoms with Crippen LogP contribution in [0.15, 0.2) is 54.6 Å². The molecule has 1 aliphatic heterocycles. The number of nitrogens with zero attached hydrogens (tertiary/aromatic N) is 2. The molecule has 2 aromatic rings. The molecular weight excluding hydrogens is 380 g/mol. The summed E-state index contributed by atoms with van der Waals surface area (Å²) < 4.78 is 5.14. The summed E-state index contributed by atoms with van der Waals surface area (Å²) >= 11 is 0.836. The van der Waals surface area contributed by atoms with Crippen LogP contribution in [-0.4, -0.2) is 47.7 Å². The van der Waals surface area contributed by atoms with Crippen molar-refractivity contribution in [3.05, 3.63) is 54.6 Å². The number of imide groups is 1. The number of carbonyl (C=O) groups excluding carboxylic acids is 3. The summed E-state index contributed by atoms with van der Waals surface area (Å²) in [7, 11) is 1.50. The third-order valence-corrected chi connectivity index (χ3v) is 5.32. The normalized spacial score (nSPS) is 16.4. The minimum atomic E-state index is -0.809. The van der Waals surface area contributed by atoms with Gasteiger partial charge in [-0.05, 0) is 36.0 Å². The Morgan fingerprint density at radius 1 is 1.18 bits per heavy atom. The first-order valence-corrected chi connectivity index (χ1v) is 9.58. The number of carbonyl (C=O) groups is 3. The zero-order chi connectivity index (χ0) is 20.1. The fraction of sp³-hybridized carbons (Fsp3) is 0.250. The van der Waals surface area contributed by atoms with Gasteiger partial charge < -0.3 is 14.7 Å². The zero-order valence-electron chi connectivity index (χ0n) is 15.3. The van der Waals surface area contributed by atoms with Gasteiger partial charge >= 0.3 is 0 Å². The number of rotatable bonds is 7. The second-order valence-electron chi connectivity index (χ2n) is 6.06. The van der Waals surface area contributed by atoms with Crippen molar-refractivity contribution in [2.75, 3.05) is 30.1 Å². The summed E-state index contributed by atoms with van der Waals surface area (Å²) in [5.74, 6) is -0.235. The quantitative estimate of drug-likeness (QED) is 0.769. The third-order valence-electron chi connectivity index (χ3n) is 4.29. The molecule has 28 heavy (non-hydrogen) atoms. The maximum atomic E-state index is 12.8. The molecule has 1 saturated heterocycles. The Balaban J connectivity index is 1.76. The summed E-state index contributed by atoms with van der Waals surface area (Å²) in [5, 5.41) is 8.07. The van der Waals surface area contributed by atoms with Crippen molar-refractivity contribution in [2.45, 2.75) is 11.7 Å². The van der Waals surface area contributed by atoms with Crippen LogP contribution in [0.25, 0.3) is 0 Å². The van der Waals surface area contributed by atoms with E-state index in [0.29, 0.717) is 17.1 Å². The highest BCUT2D eigenvalue weighted by Crippen LogP contribution is 2.35. The maximum absolute atomic E-state index is 12.8. The van der Waals surface area contributed by atoms with E-state index in [1.807, 2.05) is 6.07 Å². The highest BCUT2D eigenvalue weighted by molar-refractivity contribution is 8.15. The molecule has 3 amide bonds. The van der Waals surface area contributed by atoms with Gasteiger partial charge in [-0.25, -0.2) is 4.90 Å². The topological polar surface area (TPSA) is 87.2 Å². The molecule has 1 fully saturated rings. The molecular formula is C20H20N2O5S. The number of hydrogen-bond acceptors (Lipinski definition) is 6. The van der Waals surface area contributed by atoms with Crippen LogP contribution in [0.5, 0.6) is 5.75 Å². The third kappa shape index (κ3) is 4.18. The van der Waals surface area contributed by atoms with Gasteiger partial charge in [0.05, 0.1) is 19.4 Å². The second kappa shape index (κ2) is 8.90. The maximum Gasteiger partial charge on any atom is 0.293 e. The van der Waals surface area contributed by atoms with E-state index >= 15 is 0 Å². The predicted octanol–water partition coefficient (Wildman–Crippen LogP) is 2.68. The van der Waals surface area contributed by atoms with Crippen LogP contribution >= 0.6 is 11.8 Å². The van der Waals surface area contributed by atoms with Gasteiger partial charge in [0.15, 0.2) is 0 Å². The minimum absolute atomic E-state index is 0.113. The van der Waals surface area contributed by atoms with E-state index in [9.17, 15) is 19.5 Å². The molecule has 146 valence electrons. The Labute approximate surface area is 166 Å². The number of aliphatic hydroxyl groups excluding tert-OH is 1. The van der Waals surface area contributed by atoms with Crippen molar-refractivity contribution < 1.29 is 24.2 Å². The van der Waals surface area contributed by atoms with Crippen molar-refractivity contribution in [1.29, 1.82) is 0 Å². The second-order valence-corrected chi connectivity index (χ2v) is 7.21. The van der Waals surface area contributed by atoms with Gasteiger partial charge in [-0.1, -0.05) is 24.3 Å². The highest BCUT2D eigenvalue weighted by Gasteiger charge is 2.42. The number of amides is 3. The Kier molecular flexibility index (Phi) is 6.33. The molecule has 0 aliphatic carbocycles. The van der Waals surface area contributed by atoms with E-state index in [-0.39, 0.29) is 25.5 Å². The molecule has 0 aromatic heterocycles. The van der Waals surface area contributed by atoms with E-state index in [2.05, 4.69) is 0 Å². The first-order valence-electron chi connectivity index (χ1n) is 8.70. The number of para-hydroxylation sites is 1. The van der Waals surface area contributed by atoms with Crippen LogP contribution in [-0.2, 0) is 9.59 Å². The molecule has 3 rings (SSSR count). The lowest BCUT2D eigenvalue weighted by molar-refractivity contribution is -0.122. The first-order chi connectivity index (χ1) is 13.5. The van der Waals surface area contributed by atoms with E-state index in [0.717, 1.165) is 16.7 Å². The van der Waals surface area contributed by atoms with Crippen LogP contribution in [0.4, 0.5) is 16.2 Å². The number of methoxy groups -OCH3 is 1. The molecule has 0 spiro atoms. The van der Waals surface area contributed by atoms with Gasteiger partial charge in [-0.2, -0.15) is 0 Å². The average Bonchev–Trinajstić information content (AvgIpc) is 2.99. The van der Waals surface area contributed by atoms with Gasteiger partial charge in [0.25, 0.3) is 5.24 Å². The van der Waals surface area contributed by atoms with Crippen LogP contribution < -0.4 is 14.5 Å². The van der Waals surface area contributed by atoms with Crippen molar-refractivity contribution in [2.24, 2.45) is 0 Å². The monoisotopic (exact) mass is 400 g/mol. The number of thioether (sulfide) groups is 1. The van der Waals surface area contributed by atoms with Gasteiger partial charge in [0.1, 0.15) is 11.0 Å². The van der Waals surface area contributed by atoms with Crippen LogP contribution in [0.3, 0.4) is 0 Å². The molecule has 0 bridgehead atoms. The molecule has 2 aromatic carbocycles. The average molecular weight is 400 g/mol. The lowest BCUT2D eigenvalue weighted by atomic mass is 10.2. The summed E-state index contributed by atoms with van der Waals surface area (Å²) in [5.41, 5.74) is 1.04.